The number of aromatic nitrogens is 1. The average Bonchev–Trinajstić information content (AvgIpc) is 2.17. The minimum atomic E-state index is -3.41. The van der Waals surface area contributed by atoms with Crippen molar-refractivity contribution in [3.8, 4) is 5.88 Å². The fourth-order valence-corrected chi connectivity index (χ4v) is 2.42. The van der Waals surface area contributed by atoms with Gasteiger partial charge in [-0.05, 0) is 19.9 Å². The first kappa shape index (κ1) is 12.3. The molecule has 1 heterocycles. The molecule has 0 saturated heterocycles. The Morgan fingerprint density at radius 1 is 1.47 bits per heavy atom. The molecule has 4 nitrogen and oxygen atoms in total. The van der Waals surface area contributed by atoms with Crippen LogP contribution in [0.5, 0.6) is 5.88 Å². The van der Waals surface area contributed by atoms with Gasteiger partial charge in [0, 0.05) is 6.20 Å². The normalized spacial score (nSPS) is 11.8. The van der Waals surface area contributed by atoms with Gasteiger partial charge < -0.3 is 4.74 Å². The topological polar surface area (TPSA) is 56.3 Å². The van der Waals surface area contributed by atoms with Crippen LogP contribution in [0.4, 0.5) is 0 Å². The molecule has 0 atom stereocenters. The molecule has 6 heteroatoms. The second kappa shape index (κ2) is 4.37. The van der Waals surface area contributed by atoms with Gasteiger partial charge in [-0.15, -0.1) is 0 Å². The molecular weight excluding hydrogens is 238 g/mol. The van der Waals surface area contributed by atoms with Crippen LogP contribution in [0.3, 0.4) is 0 Å². The summed E-state index contributed by atoms with van der Waals surface area (Å²) in [6, 6.07) is 1.35. The lowest BCUT2D eigenvalue weighted by Crippen LogP contribution is -2.15. The molecule has 0 unspecified atom stereocenters. The maximum absolute atomic E-state index is 11.9. The van der Waals surface area contributed by atoms with Crippen molar-refractivity contribution in [3.63, 3.8) is 0 Å². The van der Waals surface area contributed by atoms with Crippen LogP contribution in [-0.2, 0) is 9.84 Å². The predicted octanol–water partition coefficient (Wildman–Crippen LogP) is 1.93. The van der Waals surface area contributed by atoms with E-state index in [9.17, 15) is 8.42 Å². The van der Waals surface area contributed by atoms with Crippen molar-refractivity contribution in [2.45, 2.75) is 24.0 Å². The number of halogens is 1. The van der Waals surface area contributed by atoms with Crippen LogP contribution in [0.1, 0.15) is 13.8 Å². The minimum Gasteiger partial charge on any atom is -0.480 e. The molecular formula is C9H12ClNO3S. The Morgan fingerprint density at radius 2 is 2.07 bits per heavy atom. The second-order valence-electron chi connectivity index (χ2n) is 3.25. The lowest BCUT2D eigenvalue weighted by molar-refractivity contribution is 0.385. The molecule has 0 aliphatic heterocycles. The number of pyridine rings is 1. The maximum atomic E-state index is 11.9. The first-order valence-corrected chi connectivity index (χ1v) is 6.25. The van der Waals surface area contributed by atoms with Crippen LogP contribution >= 0.6 is 11.6 Å². The summed E-state index contributed by atoms with van der Waals surface area (Å²) in [5.41, 5.74) is 0. The van der Waals surface area contributed by atoms with Crippen molar-refractivity contribution < 1.29 is 13.2 Å². The standard InChI is InChI=1S/C9H12ClNO3S/c1-6(2)15(12,13)8-4-7(10)5-11-9(8)14-3/h4-6H,1-3H3. The third kappa shape index (κ3) is 2.41. The fourth-order valence-electron chi connectivity index (χ4n) is 1.02. The largest absolute Gasteiger partial charge is 0.480 e. The van der Waals surface area contributed by atoms with Gasteiger partial charge in [-0.25, -0.2) is 13.4 Å². The van der Waals surface area contributed by atoms with Crippen LogP contribution in [0.2, 0.25) is 5.02 Å². The maximum Gasteiger partial charge on any atom is 0.232 e. The number of rotatable bonds is 3. The number of hydrogen-bond donors (Lipinski definition) is 0. The zero-order valence-electron chi connectivity index (χ0n) is 8.69. The van der Waals surface area contributed by atoms with E-state index in [1.807, 2.05) is 0 Å². The molecule has 0 spiro atoms. The van der Waals surface area contributed by atoms with E-state index in [0.717, 1.165) is 0 Å². The molecule has 0 amide bonds. The number of sulfone groups is 1. The minimum absolute atomic E-state index is 0.0347. The van der Waals surface area contributed by atoms with E-state index < -0.39 is 15.1 Å². The highest BCUT2D eigenvalue weighted by atomic mass is 35.5. The highest BCUT2D eigenvalue weighted by Gasteiger charge is 2.24. The summed E-state index contributed by atoms with van der Waals surface area (Å²) in [7, 11) is -2.04. The van der Waals surface area contributed by atoms with Crippen LogP contribution < -0.4 is 4.74 Å². The van der Waals surface area contributed by atoms with Crippen LogP contribution in [-0.4, -0.2) is 25.8 Å². The Balaban J connectivity index is 3.42. The van der Waals surface area contributed by atoms with Gasteiger partial charge in [0.25, 0.3) is 0 Å². The SMILES string of the molecule is COc1ncc(Cl)cc1S(=O)(=O)C(C)C. The molecule has 1 aromatic rings. The first-order chi connectivity index (χ1) is 6.89. The van der Waals surface area contributed by atoms with Gasteiger partial charge in [-0.2, -0.15) is 0 Å². The predicted molar refractivity (Wildman–Crippen MR) is 58.1 cm³/mol. The smallest absolute Gasteiger partial charge is 0.232 e. The zero-order valence-corrected chi connectivity index (χ0v) is 10.3. The van der Waals surface area contributed by atoms with Crippen molar-refractivity contribution in [2.75, 3.05) is 7.11 Å². The Hall–Kier alpha value is -0.810. The quantitative estimate of drug-likeness (QED) is 0.821. The molecule has 84 valence electrons. The van der Waals surface area contributed by atoms with Gasteiger partial charge in [0.2, 0.25) is 5.88 Å². The highest BCUT2D eigenvalue weighted by molar-refractivity contribution is 7.92. The molecule has 0 saturated carbocycles. The lowest BCUT2D eigenvalue weighted by atomic mass is 10.5. The van der Waals surface area contributed by atoms with Gasteiger partial charge in [-0.1, -0.05) is 11.6 Å². The molecule has 0 fully saturated rings. The summed E-state index contributed by atoms with van der Waals surface area (Å²) in [5, 5.41) is -0.262. The van der Waals surface area contributed by atoms with Gasteiger partial charge in [-0.3, -0.25) is 0 Å². The fraction of sp³-hybridized carbons (Fsp3) is 0.444. The summed E-state index contributed by atoms with van der Waals surface area (Å²) in [5.74, 6) is 0.0769. The van der Waals surface area contributed by atoms with Gasteiger partial charge in [0.1, 0.15) is 4.90 Å². The Bertz CT molecular complexity index is 456. The van der Waals surface area contributed by atoms with E-state index in [-0.39, 0.29) is 15.8 Å². The van der Waals surface area contributed by atoms with Crippen LogP contribution in [0.15, 0.2) is 17.2 Å². The van der Waals surface area contributed by atoms with E-state index in [1.165, 1.54) is 19.4 Å². The van der Waals surface area contributed by atoms with Gasteiger partial charge in [0.05, 0.1) is 17.4 Å². The molecule has 0 radical (unpaired) electrons. The molecule has 15 heavy (non-hydrogen) atoms. The van der Waals surface area contributed by atoms with Crippen molar-refractivity contribution >= 4 is 21.4 Å². The monoisotopic (exact) mass is 249 g/mol. The summed E-state index contributed by atoms with van der Waals surface area (Å²) in [4.78, 5) is 3.85. The molecule has 0 N–H and O–H groups in total. The molecule has 0 aromatic carbocycles. The van der Waals surface area contributed by atoms with Crippen molar-refractivity contribution in [3.05, 3.63) is 17.3 Å². The second-order valence-corrected chi connectivity index (χ2v) is 6.16. The number of ether oxygens (including phenoxy) is 1. The summed E-state index contributed by atoms with van der Waals surface area (Å²) >= 11 is 5.70. The molecule has 0 bridgehead atoms. The summed E-state index contributed by atoms with van der Waals surface area (Å²) in [6.07, 6.45) is 1.35. The van der Waals surface area contributed by atoms with Crippen molar-refractivity contribution in [2.24, 2.45) is 0 Å². The summed E-state index contributed by atoms with van der Waals surface area (Å²) < 4.78 is 28.7. The molecule has 0 aliphatic carbocycles. The summed E-state index contributed by atoms with van der Waals surface area (Å²) in [6.45, 7) is 3.19. The molecule has 1 rings (SSSR count). The number of methoxy groups -OCH3 is 1. The van der Waals surface area contributed by atoms with E-state index in [2.05, 4.69) is 4.98 Å². The van der Waals surface area contributed by atoms with Gasteiger partial charge in [0.15, 0.2) is 9.84 Å². The Labute approximate surface area is 94.2 Å². The van der Waals surface area contributed by atoms with Crippen LogP contribution in [0, 0.1) is 0 Å². The first-order valence-electron chi connectivity index (χ1n) is 4.33. The number of nitrogens with zero attached hydrogens (tertiary/aromatic N) is 1. The molecule has 0 aliphatic rings. The molecule has 1 aromatic heterocycles. The highest BCUT2D eigenvalue weighted by Crippen LogP contribution is 2.27. The van der Waals surface area contributed by atoms with E-state index in [4.69, 9.17) is 16.3 Å². The third-order valence-electron chi connectivity index (χ3n) is 1.91. The van der Waals surface area contributed by atoms with Crippen LogP contribution in [0.25, 0.3) is 0 Å². The third-order valence-corrected chi connectivity index (χ3v) is 4.26. The van der Waals surface area contributed by atoms with Gasteiger partial charge >= 0.3 is 0 Å². The van der Waals surface area contributed by atoms with E-state index in [0.29, 0.717) is 0 Å². The lowest BCUT2D eigenvalue weighted by Gasteiger charge is -2.10. The number of hydrogen-bond acceptors (Lipinski definition) is 4. The average molecular weight is 250 g/mol. The van der Waals surface area contributed by atoms with Crippen molar-refractivity contribution in [1.82, 2.24) is 4.98 Å². The van der Waals surface area contributed by atoms with E-state index in [1.54, 1.807) is 13.8 Å². The van der Waals surface area contributed by atoms with E-state index >= 15 is 0 Å². The van der Waals surface area contributed by atoms with Crippen molar-refractivity contribution in [1.29, 1.82) is 0 Å². The Morgan fingerprint density at radius 3 is 2.53 bits per heavy atom. The Kier molecular flexibility index (Phi) is 3.57. The zero-order chi connectivity index (χ0) is 11.6.